The lowest BCUT2D eigenvalue weighted by Gasteiger charge is -2.48. The van der Waals surface area contributed by atoms with Gasteiger partial charge in [0, 0.05) is 12.1 Å². The Labute approximate surface area is 121 Å². The maximum Gasteiger partial charge on any atom is 0.0274 e. The third kappa shape index (κ3) is 5.07. The van der Waals surface area contributed by atoms with Crippen LogP contribution >= 0.6 is 0 Å². The molecule has 0 aromatic carbocycles. The fraction of sp³-hybridized carbons (Fsp3) is 1.00. The number of hydrogen-bond donors (Lipinski definition) is 1. The topological polar surface area (TPSA) is 15.3 Å². The van der Waals surface area contributed by atoms with Crippen molar-refractivity contribution in [1.29, 1.82) is 0 Å². The second kappa shape index (κ2) is 7.64. The Balaban J connectivity index is 2.65. The third-order valence-electron chi connectivity index (χ3n) is 4.79. The Kier molecular flexibility index (Phi) is 6.82. The van der Waals surface area contributed by atoms with Crippen molar-refractivity contribution in [1.82, 2.24) is 10.2 Å². The van der Waals surface area contributed by atoms with E-state index < -0.39 is 0 Å². The Morgan fingerprint density at radius 3 is 2.58 bits per heavy atom. The van der Waals surface area contributed by atoms with E-state index in [1.807, 2.05) is 0 Å². The van der Waals surface area contributed by atoms with E-state index in [1.54, 1.807) is 0 Å². The van der Waals surface area contributed by atoms with Gasteiger partial charge in [0.25, 0.3) is 0 Å². The van der Waals surface area contributed by atoms with Crippen LogP contribution in [0.25, 0.3) is 0 Å². The molecule has 1 rings (SSSR count). The van der Waals surface area contributed by atoms with Gasteiger partial charge in [-0.25, -0.2) is 0 Å². The lowest BCUT2D eigenvalue weighted by Crippen LogP contribution is -2.58. The largest absolute Gasteiger partial charge is 0.312 e. The third-order valence-corrected chi connectivity index (χ3v) is 4.79. The molecule has 1 fully saturated rings. The van der Waals surface area contributed by atoms with Crippen molar-refractivity contribution >= 4 is 0 Å². The van der Waals surface area contributed by atoms with Crippen LogP contribution in [0.3, 0.4) is 0 Å². The molecule has 2 atom stereocenters. The van der Waals surface area contributed by atoms with Crippen molar-refractivity contribution in [3.8, 4) is 0 Å². The summed E-state index contributed by atoms with van der Waals surface area (Å²) in [5, 5.41) is 3.84. The lowest BCUT2D eigenvalue weighted by atomic mass is 9.70. The predicted octanol–water partition coefficient (Wildman–Crippen LogP) is 3.91. The highest BCUT2D eigenvalue weighted by Crippen LogP contribution is 2.37. The summed E-state index contributed by atoms with van der Waals surface area (Å²) in [7, 11) is 2.33. The van der Waals surface area contributed by atoms with Crippen LogP contribution < -0.4 is 5.32 Å². The minimum absolute atomic E-state index is 0.435. The van der Waals surface area contributed by atoms with E-state index in [0.717, 1.165) is 12.5 Å². The van der Waals surface area contributed by atoms with Gasteiger partial charge in [-0.05, 0) is 57.2 Å². The number of nitrogens with one attached hydrogen (secondary N) is 1. The van der Waals surface area contributed by atoms with Crippen molar-refractivity contribution < 1.29 is 0 Å². The zero-order valence-electron chi connectivity index (χ0n) is 14.1. The van der Waals surface area contributed by atoms with E-state index in [-0.39, 0.29) is 0 Å². The molecular weight excluding hydrogens is 232 g/mol. The zero-order valence-corrected chi connectivity index (χ0v) is 14.1. The van der Waals surface area contributed by atoms with Crippen molar-refractivity contribution in [3.05, 3.63) is 0 Å². The Hall–Kier alpha value is -0.0800. The maximum atomic E-state index is 3.84. The molecule has 2 unspecified atom stereocenters. The van der Waals surface area contributed by atoms with Gasteiger partial charge >= 0.3 is 0 Å². The molecule has 19 heavy (non-hydrogen) atoms. The van der Waals surface area contributed by atoms with E-state index in [2.05, 4.69) is 51.9 Å². The standard InChI is InChI=1S/C17H36N2/c1-7-12-18-16-15(9-8-11-17(16,4)5)19(6)13-10-14(2)3/h14-16,18H,7-13H2,1-6H3. The van der Waals surface area contributed by atoms with Crippen molar-refractivity contribution in [3.63, 3.8) is 0 Å². The summed E-state index contributed by atoms with van der Waals surface area (Å²) in [5.74, 6) is 0.807. The molecule has 0 aromatic heterocycles. The summed E-state index contributed by atoms with van der Waals surface area (Å²) in [6, 6.07) is 1.37. The van der Waals surface area contributed by atoms with Crippen LogP contribution in [0.4, 0.5) is 0 Å². The van der Waals surface area contributed by atoms with E-state index in [0.29, 0.717) is 17.5 Å². The summed E-state index contributed by atoms with van der Waals surface area (Å²) >= 11 is 0. The summed E-state index contributed by atoms with van der Waals surface area (Å²) in [4.78, 5) is 2.62. The average molecular weight is 268 g/mol. The molecule has 2 heteroatoms. The summed E-state index contributed by atoms with van der Waals surface area (Å²) < 4.78 is 0. The molecule has 0 saturated heterocycles. The second-order valence-corrected chi connectivity index (χ2v) is 7.54. The van der Waals surface area contributed by atoms with Crippen molar-refractivity contribution in [2.75, 3.05) is 20.1 Å². The Bertz CT molecular complexity index is 248. The van der Waals surface area contributed by atoms with Crippen LogP contribution in [-0.4, -0.2) is 37.1 Å². The number of hydrogen-bond acceptors (Lipinski definition) is 2. The summed E-state index contributed by atoms with van der Waals surface area (Å²) in [6.07, 6.45) is 6.65. The fourth-order valence-corrected chi connectivity index (χ4v) is 3.42. The second-order valence-electron chi connectivity index (χ2n) is 7.54. The highest BCUT2D eigenvalue weighted by atomic mass is 15.2. The highest BCUT2D eigenvalue weighted by Gasteiger charge is 2.39. The molecule has 0 amide bonds. The van der Waals surface area contributed by atoms with Gasteiger partial charge in [0.2, 0.25) is 0 Å². The first-order valence-electron chi connectivity index (χ1n) is 8.32. The van der Waals surface area contributed by atoms with E-state index in [4.69, 9.17) is 0 Å². The lowest BCUT2D eigenvalue weighted by molar-refractivity contribution is 0.0606. The normalized spacial score (nSPS) is 27.2. The molecule has 0 bridgehead atoms. The molecule has 1 saturated carbocycles. The van der Waals surface area contributed by atoms with Gasteiger partial charge in [-0.3, -0.25) is 0 Å². The molecule has 1 aliphatic carbocycles. The number of nitrogens with zero attached hydrogens (tertiary/aromatic N) is 1. The van der Waals surface area contributed by atoms with Crippen LogP contribution in [0.2, 0.25) is 0 Å². The van der Waals surface area contributed by atoms with Crippen LogP contribution in [0, 0.1) is 11.3 Å². The Morgan fingerprint density at radius 2 is 2.00 bits per heavy atom. The molecule has 0 radical (unpaired) electrons. The summed E-state index contributed by atoms with van der Waals surface area (Å²) in [5.41, 5.74) is 0.435. The van der Waals surface area contributed by atoms with Crippen LogP contribution in [0.5, 0.6) is 0 Å². The summed E-state index contributed by atoms with van der Waals surface area (Å²) in [6.45, 7) is 14.2. The molecule has 0 heterocycles. The molecular formula is C17H36N2. The van der Waals surface area contributed by atoms with E-state index >= 15 is 0 Å². The molecule has 0 aromatic rings. The van der Waals surface area contributed by atoms with Gasteiger partial charge in [-0.1, -0.05) is 41.0 Å². The van der Waals surface area contributed by atoms with E-state index in [9.17, 15) is 0 Å². The molecule has 1 aliphatic rings. The van der Waals surface area contributed by atoms with Gasteiger partial charge in [-0.15, -0.1) is 0 Å². The first-order valence-corrected chi connectivity index (χ1v) is 8.32. The maximum absolute atomic E-state index is 3.84. The van der Waals surface area contributed by atoms with Crippen LogP contribution in [-0.2, 0) is 0 Å². The average Bonchev–Trinajstić information content (AvgIpc) is 2.33. The monoisotopic (exact) mass is 268 g/mol. The minimum atomic E-state index is 0.435. The number of rotatable bonds is 7. The zero-order chi connectivity index (χ0) is 14.5. The van der Waals surface area contributed by atoms with Gasteiger partial charge in [-0.2, -0.15) is 0 Å². The fourth-order valence-electron chi connectivity index (χ4n) is 3.42. The first-order chi connectivity index (χ1) is 8.88. The highest BCUT2D eigenvalue weighted by molar-refractivity contribution is 4.97. The van der Waals surface area contributed by atoms with Crippen LogP contribution in [0.1, 0.15) is 66.7 Å². The molecule has 0 spiro atoms. The van der Waals surface area contributed by atoms with Crippen LogP contribution in [0.15, 0.2) is 0 Å². The number of likely N-dealkylation sites (N-methyl/N-ethyl adjacent to an activating group) is 1. The van der Waals surface area contributed by atoms with Gasteiger partial charge in [0.1, 0.15) is 0 Å². The quantitative estimate of drug-likeness (QED) is 0.753. The van der Waals surface area contributed by atoms with E-state index in [1.165, 1.54) is 38.6 Å². The smallest absolute Gasteiger partial charge is 0.0274 e. The molecule has 114 valence electrons. The van der Waals surface area contributed by atoms with Gasteiger partial charge in [0.15, 0.2) is 0 Å². The van der Waals surface area contributed by atoms with Gasteiger partial charge < -0.3 is 10.2 Å². The van der Waals surface area contributed by atoms with Gasteiger partial charge in [0.05, 0.1) is 0 Å². The molecule has 1 N–H and O–H groups in total. The SMILES string of the molecule is CCCNC1C(N(C)CCC(C)C)CCCC1(C)C. The molecule has 0 aliphatic heterocycles. The minimum Gasteiger partial charge on any atom is -0.312 e. The van der Waals surface area contributed by atoms with Crippen molar-refractivity contribution in [2.24, 2.45) is 11.3 Å². The predicted molar refractivity (Wildman–Crippen MR) is 85.6 cm³/mol. The molecule has 2 nitrogen and oxygen atoms in total. The van der Waals surface area contributed by atoms with Crippen molar-refractivity contribution in [2.45, 2.75) is 78.8 Å². The first kappa shape index (κ1) is 17.0. The Morgan fingerprint density at radius 1 is 1.32 bits per heavy atom.